The van der Waals surface area contributed by atoms with Crippen molar-refractivity contribution in [1.29, 1.82) is 0 Å². The summed E-state index contributed by atoms with van der Waals surface area (Å²) in [6, 6.07) is 13.4. The molecule has 5 rings (SSSR count). The minimum atomic E-state index is -4.49. The van der Waals surface area contributed by atoms with Gasteiger partial charge in [-0.3, -0.25) is 9.36 Å². The van der Waals surface area contributed by atoms with Crippen LogP contribution < -0.4 is 15.0 Å². The lowest BCUT2D eigenvalue weighted by Crippen LogP contribution is -2.27. The first kappa shape index (κ1) is 28.3. The number of fused-ring (bicyclic) bond motifs is 1. The fourth-order valence-electron chi connectivity index (χ4n) is 5.15. The number of halogens is 1. The van der Waals surface area contributed by atoms with Gasteiger partial charge in [0.2, 0.25) is 28.5 Å². The Morgan fingerprint density at radius 1 is 1.05 bits per heavy atom. The molecule has 2 aromatic carbocycles. The van der Waals surface area contributed by atoms with Crippen molar-refractivity contribution in [2.24, 2.45) is 0 Å². The SMILES string of the molecule is CCCCc1nc(=O)c(S(=O)(=O)c2ccc(-c3ccc(F)nc3C)cc2)c(O)n1[C@@H](CC)c1cccc2c1OCO2. The molecule has 0 amide bonds. The second-order valence-corrected chi connectivity index (χ2v) is 11.6. The largest absolute Gasteiger partial charge is 0.493 e. The normalized spacial score (nSPS) is 13.4. The van der Waals surface area contributed by atoms with Gasteiger partial charge in [-0.1, -0.05) is 44.5 Å². The number of unbranched alkanes of at least 4 members (excludes halogenated alkanes) is 1. The van der Waals surface area contributed by atoms with Crippen LogP contribution in [-0.4, -0.2) is 34.9 Å². The maximum Gasteiger partial charge on any atom is 0.296 e. The van der Waals surface area contributed by atoms with E-state index in [1.165, 1.54) is 22.8 Å². The molecular formula is C30H30FN3O6S. The number of rotatable bonds is 9. The van der Waals surface area contributed by atoms with Gasteiger partial charge < -0.3 is 14.6 Å². The molecule has 0 fully saturated rings. The number of pyridine rings is 1. The molecule has 1 atom stereocenters. The van der Waals surface area contributed by atoms with E-state index in [4.69, 9.17) is 9.47 Å². The molecule has 1 N–H and O–H groups in total. The highest BCUT2D eigenvalue weighted by molar-refractivity contribution is 7.91. The number of nitrogens with zero attached hydrogens (tertiary/aromatic N) is 3. The molecule has 11 heteroatoms. The fraction of sp³-hybridized carbons (Fsp3) is 0.300. The zero-order valence-corrected chi connectivity index (χ0v) is 23.7. The zero-order chi connectivity index (χ0) is 29.3. The van der Waals surface area contributed by atoms with Gasteiger partial charge in [-0.15, -0.1) is 0 Å². The first-order chi connectivity index (χ1) is 19.7. The van der Waals surface area contributed by atoms with E-state index in [-0.39, 0.29) is 17.5 Å². The summed E-state index contributed by atoms with van der Waals surface area (Å²) in [7, 11) is -4.49. The van der Waals surface area contributed by atoms with E-state index in [0.29, 0.717) is 53.1 Å². The molecule has 0 unspecified atom stereocenters. The minimum absolute atomic E-state index is 0.0446. The molecule has 0 saturated heterocycles. The number of ether oxygens (including phenoxy) is 2. The first-order valence-electron chi connectivity index (χ1n) is 13.4. The van der Waals surface area contributed by atoms with Gasteiger partial charge in [-0.25, -0.2) is 13.4 Å². The van der Waals surface area contributed by atoms with E-state index in [9.17, 15) is 22.7 Å². The fourth-order valence-corrected chi connectivity index (χ4v) is 6.49. The van der Waals surface area contributed by atoms with Crippen molar-refractivity contribution in [2.75, 3.05) is 6.79 Å². The van der Waals surface area contributed by atoms with E-state index >= 15 is 0 Å². The summed E-state index contributed by atoms with van der Waals surface area (Å²) in [5, 5.41) is 11.6. The highest BCUT2D eigenvalue weighted by Gasteiger charge is 2.33. The quantitative estimate of drug-likeness (QED) is 0.263. The standard InChI is InChI=1S/C30H30FN3O6S/c1-4-6-10-26-33-29(35)28(30(36)34(26)23(5-2)22-8-7-9-24-27(22)40-17-39-24)41(37,38)20-13-11-19(12-14-20)21-15-16-25(31)32-18(21)3/h7-9,11-16,23,36H,4-6,10,17H2,1-3H3/t23-/m0/s1. The Kier molecular flexibility index (Phi) is 7.81. The van der Waals surface area contributed by atoms with Crippen LogP contribution in [0.1, 0.15) is 56.2 Å². The number of benzene rings is 2. The third kappa shape index (κ3) is 5.17. The molecule has 3 heterocycles. The van der Waals surface area contributed by atoms with Crippen molar-refractivity contribution in [3.05, 3.63) is 88.0 Å². The maximum absolute atomic E-state index is 13.8. The van der Waals surface area contributed by atoms with Crippen LogP contribution in [0.2, 0.25) is 0 Å². The number of sulfone groups is 1. The predicted molar refractivity (Wildman–Crippen MR) is 150 cm³/mol. The van der Waals surface area contributed by atoms with Crippen LogP contribution in [-0.2, 0) is 16.3 Å². The number of hydrogen-bond acceptors (Lipinski definition) is 8. The third-order valence-electron chi connectivity index (χ3n) is 7.17. The first-order valence-corrected chi connectivity index (χ1v) is 14.9. The van der Waals surface area contributed by atoms with E-state index in [1.807, 2.05) is 19.9 Å². The Hall–Kier alpha value is -4.25. The van der Waals surface area contributed by atoms with E-state index in [2.05, 4.69) is 9.97 Å². The van der Waals surface area contributed by atoms with Crippen molar-refractivity contribution < 1.29 is 27.4 Å². The summed E-state index contributed by atoms with van der Waals surface area (Å²) in [4.78, 5) is 20.3. The molecule has 1 aliphatic rings. The number of para-hydroxylation sites is 1. The molecule has 0 aliphatic carbocycles. The van der Waals surface area contributed by atoms with Crippen LogP contribution in [0.25, 0.3) is 11.1 Å². The lowest BCUT2D eigenvalue weighted by atomic mass is 10.0. The molecule has 2 aromatic heterocycles. The van der Waals surface area contributed by atoms with Crippen LogP contribution in [0, 0.1) is 12.9 Å². The van der Waals surface area contributed by atoms with Gasteiger partial charge in [0.05, 0.1) is 10.9 Å². The Bertz CT molecular complexity index is 1770. The van der Waals surface area contributed by atoms with Gasteiger partial charge in [0.15, 0.2) is 16.4 Å². The van der Waals surface area contributed by atoms with Gasteiger partial charge in [0.1, 0.15) is 5.82 Å². The van der Waals surface area contributed by atoms with Crippen LogP contribution in [0.3, 0.4) is 0 Å². The second-order valence-electron chi connectivity index (χ2n) is 9.76. The monoisotopic (exact) mass is 579 g/mol. The van der Waals surface area contributed by atoms with E-state index < -0.39 is 38.2 Å². The molecular weight excluding hydrogens is 549 g/mol. The van der Waals surface area contributed by atoms with Gasteiger partial charge in [0, 0.05) is 23.2 Å². The average Bonchev–Trinajstić information content (AvgIpc) is 3.43. The maximum atomic E-state index is 13.8. The van der Waals surface area contributed by atoms with E-state index in [0.717, 1.165) is 6.42 Å². The highest BCUT2D eigenvalue weighted by atomic mass is 32.2. The van der Waals surface area contributed by atoms with Crippen molar-refractivity contribution >= 4 is 9.84 Å². The lowest BCUT2D eigenvalue weighted by Gasteiger charge is -2.26. The topological polar surface area (TPSA) is 121 Å². The smallest absolute Gasteiger partial charge is 0.296 e. The molecule has 4 aromatic rings. The molecule has 41 heavy (non-hydrogen) atoms. The van der Waals surface area contributed by atoms with Gasteiger partial charge in [-0.05, 0) is 55.7 Å². The molecule has 214 valence electrons. The number of aryl methyl sites for hydroxylation is 2. The molecule has 0 bridgehead atoms. The summed E-state index contributed by atoms with van der Waals surface area (Å²) >= 11 is 0. The summed E-state index contributed by atoms with van der Waals surface area (Å²) in [6.07, 6.45) is 2.29. The minimum Gasteiger partial charge on any atom is -0.493 e. The molecule has 0 radical (unpaired) electrons. The van der Waals surface area contributed by atoms with Gasteiger partial charge in [-0.2, -0.15) is 9.37 Å². The average molecular weight is 580 g/mol. The summed E-state index contributed by atoms with van der Waals surface area (Å²) < 4.78 is 53.8. The van der Waals surface area contributed by atoms with Crippen molar-refractivity contribution in [3.63, 3.8) is 0 Å². The lowest BCUT2D eigenvalue weighted by molar-refractivity contribution is 0.172. The Morgan fingerprint density at radius 3 is 2.49 bits per heavy atom. The number of aromatic nitrogens is 3. The van der Waals surface area contributed by atoms with Gasteiger partial charge in [0.25, 0.3) is 5.56 Å². The molecule has 9 nitrogen and oxygen atoms in total. The summed E-state index contributed by atoms with van der Waals surface area (Å²) in [5.74, 6) is 0.0407. The van der Waals surface area contributed by atoms with Crippen molar-refractivity contribution in [2.45, 2.75) is 62.3 Å². The number of hydrogen-bond donors (Lipinski definition) is 1. The third-order valence-corrected chi connectivity index (χ3v) is 8.96. The molecule has 1 aliphatic heterocycles. The van der Waals surface area contributed by atoms with Crippen molar-refractivity contribution in [1.82, 2.24) is 14.5 Å². The summed E-state index contributed by atoms with van der Waals surface area (Å²) in [6.45, 7) is 5.57. The predicted octanol–water partition coefficient (Wildman–Crippen LogP) is 5.36. The van der Waals surface area contributed by atoms with Crippen molar-refractivity contribution in [3.8, 4) is 28.5 Å². The Labute approximate surface area is 237 Å². The zero-order valence-electron chi connectivity index (χ0n) is 22.9. The molecule has 0 saturated carbocycles. The Balaban J connectivity index is 1.64. The van der Waals surface area contributed by atoms with Crippen LogP contribution in [0.4, 0.5) is 4.39 Å². The Morgan fingerprint density at radius 2 is 1.80 bits per heavy atom. The van der Waals surface area contributed by atoms with Crippen LogP contribution in [0.5, 0.6) is 17.4 Å². The summed E-state index contributed by atoms with van der Waals surface area (Å²) in [5.41, 5.74) is 1.35. The van der Waals surface area contributed by atoms with Crippen LogP contribution >= 0.6 is 0 Å². The van der Waals surface area contributed by atoms with Gasteiger partial charge >= 0.3 is 0 Å². The highest BCUT2D eigenvalue weighted by Crippen LogP contribution is 2.43. The number of aromatic hydroxyl groups is 1. The van der Waals surface area contributed by atoms with Crippen LogP contribution in [0.15, 0.2) is 69.2 Å². The second kappa shape index (κ2) is 11.3. The molecule has 0 spiro atoms. The van der Waals surface area contributed by atoms with E-state index in [1.54, 1.807) is 37.3 Å².